The summed E-state index contributed by atoms with van der Waals surface area (Å²) < 4.78 is 5.91. The molecule has 2 aromatic rings. The van der Waals surface area contributed by atoms with Crippen molar-refractivity contribution in [3.05, 3.63) is 65.2 Å². The van der Waals surface area contributed by atoms with Gasteiger partial charge in [-0.2, -0.15) is 0 Å². The van der Waals surface area contributed by atoms with E-state index in [1.54, 1.807) is 0 Å². The Hall–Kier alpha value is -1.88. The first-order chi connectivity index (χ1) is 13.8. The van der Waals surface area contributed by atoms with Crippen LogP contribution in [0, 0.1) is 0 Å². The zero-order valence-electron chi connectivity index (χ0n) is 16.7. The van der Waals surface area contributed by atoms with Gasteiger partial charge in [0.1, 0.15) is 18.5 Å². The molecule has 0 bridgehead atoms. The Morgan fingerprint density at radius 3 is 2.57 bits per heavy atom. The molecule has 0 unspecified atom stereocenters. The van der Waals surface area contributed by atoms with Gasteiger partial charge in [0.05, 0.1) is 0 Å². The highest BCUT2D eigenvalue weighted by Gasteiger charge is 2.19. The van der Waals surface area contributed by atoms with E-state index in [0.717, 1.165) is 31.8 Å². The molecule has 0 spiro atoms. The molecule has 0 aliphatic carbocycles. The summed E-state index contributed by atoms with van der Waals surface area (Å²) >= 11 is 0. The first-order valence-corrected chi connectivity index (χ1v) is 10.7. The summed E-state index contributed by atoms with van der Waals surface area (Å²) in [6.45, 7) is 6.30. The normalized spacial score (nSPS) is 19.2. The van der Waals surface area contributed by atoms with Crippen LogP contribution in [0.1, 0.15) is 36.0 Å². The van der Waals surface area contributed by atoms with Crippen LogP contribution in [0.4, 0.5) is 0 Å². The number of β-amino-alcohol motifs (C(OH)–C–C–N with tert-alkyl or cyclic N) is 1. The summed E-state index contributed by atoms with van der Waals surface area (Å²) in [5.74, 6) is 0.859. The number of nitrogens with zero attached hydrogens (tertiary/aromatic N) is 2. The van der Waals surface area contributed by atoms with Crippen LogP contribution in [0.25, 0.3) is 0 Å². The summed E-state index contributed by atoms with van der Waals surface area (Å²) in [6, 6.07) is 16.9. The van der Waals surface area contributed by atoms with Crippen molar-refractivity contribution in [3.63, 3.8) is 0 Å². The van der Waals surface area contributed by atoms with Gasteiger partial charge in [-0.05, 0) is 61.2 Å². The van der Waals surface area contributed by atoms with Gasteiger partial charge in [-0.25, -0.2) is 0 Å². The van der Waals surface area contributed by atoms with Crippen molar-refractivity contribution >= 4 is 0 Å². The molecule has 150 valence electrons. The maximum Gasteiger partial charge on any atom is 0.119 e. The summed E-state index contributed by atoms with van der Waals surface area (Å²) in [7, 11) is 0. The molecule has 2 aromatic carbocycles. The van der Waals surface area contributed by atoms with Crippen molar-refractivity contribution in [2.75, 3.05) is 32.8 Å². The van der Waals surface area contributed by atoms with Gasteiger partial charge in [0.15, 0.2) is 0 Å². The van der Waals surface area contributed by atoms with E-state index in [1.165, 1.54) is 49.0 Å². The molecule has 2 aliphatic rings. The molecule has 2 heterocycles. The van der Waals surface area contributed by atoms with Crippen molar-refractivity contribution < 1.29 is 9.84 Å². The molecule has 4 rings (SSSR count). The molecule has 0 saturated carbocycles. The lowest BCUT2D eigenvalue weighted by Gasteiger charge is -2.30. The standard InChI is InChI=1S/C24H32N2O2/c27-23(18-26-14-11-21-8-2-3-9-22(21)17-26)19-28-24-10-6-7-20(15-24)16-25-12-4-1-5-13-25/h2-3,6-10,15,23,27H,1,4-5,11-14,16-19H2/t23-/m1/s1. The van der Waals surface area contributed by atoms with E-state index in [-0.39, 0.29) is 0 Å². The van der Waals surface area contributed by atoms with E-state index in [1.807, 2.05) is 6.07 Å². The average Bonchev–Trinajstić information content (AvgIpc) is 2.73. The molecule has 2 aliphatic heterocycles. The van der Waals surface area contributed by atoms with Crippen molar-refractivity contribution in [2.45, 2.75) is 44.9 Å². The number of fused-ring (bicyclic) bond motifs is 1. The Morgan fingerprint density at radius 2 is 1.71 bits per heavy atom. The number of hydrogen-bond donors (Lipinski definition) is 1. The number of rotatable bonds is 7. The lowest BCUT2D eigenvalue weighted by Crippen LogP contribution is -2.38. The Bertz CT molecular complexity index is 758. The van der Waals surface area contributed by atoms with Crippen LogP contribution in [0.5, 0.6) is 5.75 Å². The van der Waals surface area contributed by atoms with Crippen molar-refractivity contribution in [1.82, 2.24) is 9.80 Å². The minimum atomic E-state index is -0.476. The van der Waals surface area contributed by atoms with Crippen LogP contribution in [0.3, 0.4) is 0 Å². The maximum atomic E-state index is 10.5. The van der Waals surface area contributed by atoms with Crippen LogP contribution >= 0.6 is 0 Å². The fraction of sp³-hybridized carbons (Fsp3) is 0.500. The quantitative estimate of drug-likeness (QED) is 0.798. The van der Waals surface area contributed by atoms with E-state index >= 15 is 0 Å². The van der Waals surface area contributed by atoms with Gasteiger partial charge >= 0.3 is 0 Å². The molecular formula is C24H32N2O2. The summed E-state index contributed by atoms with van der Waals surface area (Å²) in [5.41, 5.74) is 4.11. The minimum Gasteiger partial charge on any atom is -0.491 e. The minimum absolute atomic E-state index is 0.339. The highest BCUT2D eigenvalue weighted by Crippen LogP contribution is 2.20. The number of aliphatic hydroxyl groups is 1. The van der Waals surface area contributed by atoms with E-state index in [9.17, 15) is 5.11 Å². The van der Waals surface area contributed by atoms with Gasteiger partial charge in [-0.3, -0.25) is 9.80 Å². The first kappa shape index (κ1) is 19.4. The van der Waals surface area contributed by atoms with Gasteiger partial charge in [-0.1, -0.05) is 42.8 Å². The third kappa shape index (κ3) is 5.34. The van der Waals surface area contributed by atoms with Crippen LogP contribution in [-0.4, -0.2) is 53.8 Å². The van der Waals surface area contributed by atoms with E-state index < -0.39 is 6.10 Å². The summed E-state index contributed by atoms with van der Waals surface area (Å²) in [5, 5.41) is 10.5. The number of benzene rings is 2. The second kappa shape index (κ2) is 9.55. The number of ether oxygens (including phenoxy) is 1. The second-order valence-corrected chi connectivity index (χ2v) is 8.20. The van der Waals surface area contributed by atoms with Gasteiger partial charge in [0.25, 0.3) is 0 Å². The predicted octanol–water partition coefficient (Wildman–Crippen LogP) is 3.47. The lowest BCUT2D eigenvalue weighted by molar-refractivity contribution is 0.0637. The smallest absolute Gasteiger partial charge is 0.119 e. The summed E-state index contributed by atoms with van der Waals surface area (Å²) in [6.07, 6.45) is 4.56. The molecule has 1 fully saturated rings. The topological polar surface area (TPSA) is 35.9 Å². The molecular weight excluding hydrogens is 348 g/mol. The first-order valence-electron chi connectivity index (χ1n) is 10.7. The fourth-order valence-corrected chi connectivity index (χ4v) is 4.36. The summed E-state index contributed by atoms with van der Waals surface area (Å²) in [4.78, 5) is 4.84. The monoisotopic (exact) mass is 380 g/mol. The van der Waals surface area contributed by atoms with Gasteiger partial charge in [-0.15, -0.1) is 0 Å². The predicted molar refractivity (Wildman–Crippen MR) is 112 cm³/mol. The molecule has 0 amide bonds. The average molecular weight is 381 g/mol. The third-order valence-electron chi connectivity index (χ3n) is 5.87. The molecule has 4 heteroatoms. The molecule has 4 nitrogen and oxygen atoms in total. The highest BCUT2D eigenvalue weighted by atomic mass is 16.5. The number of piperidine rings is 1. The van der Waals surface area contributed by atoms with Crippen molar-refractivity contribution in [2.24, 2.45) is 0 Å². The molecule has 0 radical (unpaired) electrons. The Balaban J connectivity index is 1.24. The Morgan fingerprint density at radius 1 is 0.893 bits per heavy atom. The highest BCUT2D eigenvalue weighted by molar-refractivity contribution is 5.29. The van der Waals surface area contributed by atoms with Gasteiger partial charge in [0, 0.05) is 26.2 Å². The van der Waals surface area contributed by atoms with E-state index in [2.05, 4.69) is 52.3 Å². The van der Waals surface area contributed by atoms with Gasteiger partial charge in [0.2, 0.25) is 0 Å². The fourth-order valence-electron chi connectivity index (χ4n) is 4.36. The maximum absolute atomic E-state index is 10.5. The Labute approximate surface area is 168 Å². The molecule has 28 heavy (non-hydrogen) atoms. The van der Waals surface area contributed by atoms with Crippen molar-refractivity contribution in [1.29, 1.82) is 0 Å². The van der Waals surface area contributed by atoms with Crippen LogP contribution in [-0.2, 0) is 19.5 Å². The molecule has 1 saturated heterocycles. The molecule has 1 N–H and O–H groups in total. The van der Waals surface area contributed by atoms with E-state index in [0.29, 0.717) is 13.2 Å². The van der Waals surface area contributed by atoms with E-state index in [4.69, 9.17) is 4.74 Å². The zero-order chi connectivity index (χ0) is 19.2. The number of hydrogen-bond acceptors (Lipinski definition) is 4. The SMILES string of the molecule is O[C@@H](COc1cccc(CN2CCCCC2)c1)CN1CCc2ccccc2C1. The Kier molecular flexibility index (Phi) is 6.63. The lowest BCUT2D eigenvalue weighted by atomic mass is 10.00. The third-order valence-corrected chi connectivity index (χ3v) is 5.87. The van der Waals surface area contributed by atoms with Gasteiger partial charge < -0.3 is 9.84 Å². The number of aliphatic hydroxyl groups excluding tert-OH is 1. The van der Waals surface area contributed by atoms with Crippen LogP contribution in [0.15, 0.2) is 48.5 Å². The zero-order valence-corrected chi connectivity index (χ0v) is 16.7. The largest absolute Gasteiger partial charge is 0.491 e. The molecule has 0 aromatic heterocycles. The number of likely N-dealkylation sites (tertiary alicyclic amines) is 1. The van der Waals surface area contributed by atoms with Crippen LogP contribution in [0.2, 0.25) is 0 Å². The van der Waals surface area contributed by atoms with Crippen LogP contribution < -0.4 is 4.74 Å². The molecule has 1 atom stereocenters. The second-order valence-electron chi connectivity index (χ2n) is 8.20. The van der Waals surface area contributed by atoms with Crippen molar-refractivity contribution in [3.8, 4) is 5.75 Å².